The van der Waals surface area contributed by atoms with Crippen LogP contribution >= 0.6 is 23.7 Å². The largest absolute Gasteiger partial charge is 0.491 e. The van der Waals surface area contributed by atoms with E-state index < -0.39 is 55.3 Å². The number of carbonyl (C=O) groups is 1. The summed E-state index contributed by atoms with van der Waals surface area (Å²) in [6.07, 6.45) is -6.90. The Bertz CT molecular complexity index is 1290. The van der Waals surface area contributed by atoms with Crippen molar-refractivity contribution < 1.29 is 49.8 Å². The third kappa shape index (κ3) is 8.41. The number of ether oxygens (including phenoxy) is 1. The molecule has 0 aromatic heterocycles. The van der Waals surface area contributed by atoms with Gasteiger partial charge in [-0.1, -0.05) is 6.92 Å². The van der Waals surface area contributed by atoms with Crippen LogP contribution in [0.4, 0.5) is 46.5 Å². The van der Waals surface area contributed by atoms with E-state index in [9.17, 15) is 45.0 Å². The molecule has 0 saturated heterocycles. The standard InChI is InChI=1S/C25H25F5N2O3S2.C3H5F3/c1-31-6-7-32(16-4-2-15(26)3-5-16)18-8-21(36-17-10-24(27,28)11-17)19(9-20(18)37-31)35-14-23(22(33)34)12-25(29,30)13-23;1-2-3(4,5)6/h2-5,8-9,17H,6-7,10-14H2,1H3,(H,33,34);2H2,1H3. The molecule has 2 aromatic rings. The van der Waals surface area contributed by atoms with Crippen LogP contribution < -0.4 is 9.64 Å². The van der Waals surface area contributed by atoms with Crippen LogP contribution in [0.1, 0.15) is 39.0 Å². The van der Waals surface area contributed by atoms with Gasteiger partial charge in [-0.05, 0) is 55.4 Å². The number of hydrogen-bond donors (Lipinski definition) is 1. The van der Waals surface area contributed by atoms with Crippen LogP contribution in [0.25, 0.3) is 0 Å². The van der Waals surface area contributed by atoms with E-state index >= 15 is 0 Å². The number of halogens is 8. The van der Waals surface area contributed by atoms with E-state index in [1.54, 1.807) is 18.2 Å². The molecule has 2 fully saturated rings. The van der Waals surface area contributed by atoms with Crippen LogP contribution in [-0.2, 0) is 4.79 Å². The number of carboxylic acids is 1. The number of rotatable bonds is 7. The van der Waals surface area contributed by atoms with Crippen molar-refractivity contribution >= 4 is 41.1 Å². The molecule has 1 aliphatic heterocycles. The summed E-state index contributed by atoms with van der Waals surface area (Å²) in [5, 5.41) is 9.25. The van der Waals surface area contributed by atoms with E-state index in [2.05, 4.69) is 0 Å². The lowest BCUT2D eigenvalue weighted by atomic mass is 9.66. The Morgan fingerprint density at radius 1 is 1.07 bits per heavy atom. The number of fused-ring (bicyclic) bond motifs is 1. The number of thioether (sulfide) groups is 1. The monoisotopic (exact) mass is 658 g/mol. The molecule has 3 aliphatic rings. The first kappa shape index (κ1) is 33.5. The number of hydrogen-bond acceptors (Lipinski definition) is 6. The lowest BCUT2D eigenvalue weighted by Crippen LogP contribution is -2.54. The van der Waals surface area contributed by atoms with Gasteiger partial charge in [0.15, 0.2) is 0 Å². The minimum atomic E-state index is -3.96. The van der Waals surface area contributed by atoms with Crippen molar-refractivity contribution in [1.82, 2.24) is 4.31 Å². The van der Waals surface area contributed by atoms with Gasteiger partial charge in [-0.3, -0.25) is 4.79 Å². The average molecular weight is 659 g/mol. The van der Waals surface area contributed by atoms with E-state index in [-0.39, 0.29) is 29.7 Å². The molecule has 0 unspecified atom stereocenters. The van der Waals surface area contributed by atoms with Crippen molar-refractivity contribution in [1.29, 1.82) is 0 Å². The molecule has 2 aliphatic carbocycles. The molecule has 0 bridgehead atoms. The first-order valence-corrected chi connectivity index (χ1v) is 15.0. The van der Waals surface area contributed by atoms with Gasteiger partial charge in [0, 0.05) is 56.1 Å². The number of likely N-dealkylation sites (N-methyl/N-ethyl adjacent to an activating group) is 1. The predicted octanol–water partition coefficient (Wildman–Crippen LogP) is 8.64. The highest BCUT2D eigenvalue weighted by Crippen LogP contribution is 2.54. The fraction of sp³-hybridized carbons (Fsp3) is 0.536. The number of aliphatic carboxylic acids is 1. The lowest BCUT2D eigenvalue weighted by molar-refractivity contribution is -0.199. The van der Waals surface area contributed by atoms with E-state index in [0.29, 0.717) is 18.0 Å². The SMILES string of the molecule is CCC(F)(F)F.CN1CCN(c2ccc(F)cc2)c2cc(SC3CC(F)(F)C3)c(OCC3(C(=O)O)CC(F)(F)C3)cc2S1. The molecule has 238 valence electrons. The minimum Gasteiger partial charge on any atom is -0.491 e. The predicted molar refractivity (Wildman–Crippen MR) is 148 cm³/mol. The Morgan fingerprint density at radius 3 is 2.19 bits per heavy atom. The Morgan fingerprint density at radius 2 is 1.67 bits per heavy atom. The molecule has 0 radical (unpaired) electrons. The highest BCUT2D eigenvalue weighted by atomic mass is 32.2. The van der Waals surface area contributed by atoms with Crippen molar-refractivity contribution in [2.45, 2.75) is 72.1 Å². The fourth-order valence-electron chi connectivity index (χ4n) is 4.82. The molecular formula is C28H30F8N2O3S2. The maximum absolute atomic E-state index is 13.6. The summed E-state index contributed by atoms with van der Waals surface area (Å²) in [6.45, 7) is 1.86. The number of alkyl halides is 7. The van der Waals surface area contributed by atoms with Crippen LogP contribution in [0.2, 0.25) is 0 Å². The zero-order valence-electron chi connectivity index (χ0n) is 23.2. The van der Waals surface area contributed by atoms with Crippen molar-refractivity contribution in [2.75, 3.05) is 31.6 Å². The van der Waals surface area contributed by atoms with Crippen LogP contribution in [0.15, 0.2) is 46.2 Å². The normalized spacial score (nSPS) is 20.9. The molecule has 0 amide bonds. The topological polar surface area (TPSA) is 53.0 Å². The smallest absolute Gasteiger partial charge is 0.388 e. The molecule has 0 spiro atoms. The van der Waals surface area contributed by atoms with Gasteiger partial charge in [0.25, 0.3) is 5.92 Å². The maximum Gasteiger partial charge on any atom is 0.388 e. The van der Waals surface area contributed by atoms with E-state index in [4.69, 9.17) is 4.74 Å². The molecule has 0 atom stereocenters. The molecule has 2 saturated carbocycles. The summed E-state index contributed by atoms with van der Waals surface area (Å²) >= 11 is 2.64. The third-order valence-corrected chi connectivity index (χ3v) is 9.50. The van der Waals surface area contributed by atoms with Gasteiger partial charge in [0.1, 0.15) is 23.6 Å². The number of anilines is 2. The first-order chi connectivity index (χ1) is 19.9. The second-order valence-electron chi connectivity index (χ2n) is 10.9. The van der Waals surface area contributed by atoms with E-state index in [1.807, 2.05) is 22.3 Å². The van der Waals surface area contributed by atoms with Gasteiger partial charge in [0.05, 0.1) is 15.5 Å². The quantitative estimate of drug-likeness (QED) is 0.236. The Balaban J connectivity index is 0.000000641. The van der Waals surface area contributed by atoms with E-state index in [1.165, 1.54) is 35.8 Å². The van der Waals surface area contributed by atoms with Crippen LogP contribution in [0.5, 0.6) is 5.75 Å². The van der Waals surface area contributed by atoms with Crippen molar-refractivity contribution in [3.05, 3.63) is 42.2 Å². The highest BCUT2D eigenvalue weighted by molar-refractivity contribution is 8.00. The lowest BCUT2D eigenvalue weighted by Gasteiger charge is -2.43. The third-order valence-electron chi connectivity index (χ3n) is 7.25. The summed E-state index contributed by atoms with van der Waals surface area (Å²) in [6, 6.07) is 9.56. The molecule has 1 N–H and O–H groups in total. The fourth-order valence-corrected chi connectivity index (χ4v) is 7.18. The molecule has 15 heteroatoms. The van der Waals surface area contributed by atoms with Gasteiger partial charge in [-0.2, -0.15) is 13.2 Å². The number of carboxylic acid groups (broad SMARTS) is 1. The van der Waals surface area contributed by atoms with E-state index in [0.717, 1.165) is 23.2 Å². The summed E-state index contributed by atoms with van der Waals surface area (Å²) in [5.41, 5.74) is -0.184. The van der Waals surface area contributed by atoms with Gasteiger partial charge in [-0.25, -0.2) is 26.3 Å². The number of nitrogens with zero attached hydrogens (tertiary/aromatic N) is 2. The molecule has 5 nitrogen and oxygen atoms in total. The maximum atomic E-state index is 13.6. The van der Waals surface area contributed by atoms with Crippen LogP contribution in [-0.4, -0.2) is 65.4 Å². The van der Waals surface area contributed by atoms with Gasteiger partial charge >= 0.3 is 12.1 Å². The van der Waals surface area contributed by atoms with Crippen molar-refractivity contribution in [3.63, 3.8) is 0 Å². The van der Waals surface area contributed by atoms with Crippen LogP contribution in [0, 0.1) is 11.2 Å². The highest BCUT2D eigenvalue weighted by Gasteiger charge is 2.62. The summed E-state index contributed by atoms with van der Waals surface area (Å²) in [5.74, 6) is -7.23. The Hall–Kier alpha value is -2.39. The van der Waals surface area contributed by atoms with Gasteiger partial charge in [0.2, 0.25) is 5.92 Å². The Kier molecular flexibility index (Phi) is 9.77. The van der Waals surface area contributed by atoms with Crippen molar-refractivity contribution in [2.24, 2.45) is 5.41 Å². The zero-order chi connectivity index (χ0) is 31.8. The second-order valence-corrected chi connectivity index (χ2v) is 13.5. The summed E-state index contributed by atoms with van der Waals surface area (Å²) in [4.78, 5) is 15.1. The van der Waals surface area contributed by atoms with Crippen LogP contribution in [0.3, 0.4) is 0 Å². The average Bonchev–Trinajstić information content (AvgIpc) is 3.03. The molecule has 5 rings (SSSR count). The van der Waals surface area contributed by atoms with Gasteiger partial charge in [-0.15, -0.1) is 11.8 Å². The van der Waals surface area contributed by atoms with Gasteiger partial charge < -0.3 is 14.7 Å². The first-order valence-electron chi connectivity index (χ1n) is 13.4. The minimum absolute atomic E-state index is 0.275. The zero-order valence-corrected chi connectivity index (χ0v) is 24.8. The molecule has 43 heavy (non-hydrogen) atoms. The Labute approximate surface area is 252 Å². The number of benzene rings is 2. The molecule has 2 aromatic carbocycles. The van der Waals surface area contributed by atoms with Crippen molar-refractivity contribution in [3.8, 4) is 5.75 Å². The summed E-state index contributed by atoms with van der Waals surface area (Å²) in [7, 11) is 1.90. The second kappa shape index (κ2) is 12.5. The molecular weight excluding hydrogens is 628 g/mol. The molecule has 1 heterocycles. The summed E-state index contributed by atoms with van der Waals surface area (Å²) < 4.78 is 108.